The molecule has 0 aromatic carbocycles. The average Bonchev–Trinajstić information content (AvgIpc) is 2.47. The van der Waals surface area contributed by atoms with Crippen LogP contribution in [0.2, 0.25) is 0 Å². The van der Waals surface area contributed by atoms with Crippen LogP contribution in [0.4, 0.5) is 5.82 Å². The van der Waals surface area contributed by atoms with Gasteiger partial charge in [0.2, 0.25) is 0 Å². The molecule has 6 heteroatoms. The van der Waals surface area contributed by atoms with Crippen LogP contribution in [-0.4, -0.2) is 14.1 Å². The largest absolute Gasteiger partial charge is 0.367 e. The van der Waals surface area contributed by atoms with Crippen molar-refractivity contribution in [3.63, 3.8) is 0 Å². The third-order valence-electron chi connectivity index (χ3n) is 2.93. The first-order chi connectivity index (χ1) is 9.63. The zero-order valence-electron chi connectivity index (χ0n) is 11.2. The van der Waals surface area contributed by atoms with Gasteiger partial charge in [-0.05, 0) is 17.7 Å². The molecule has 0 aliphatic rings. The summed E-state index contributed by atoms with van der Waals surface area (Å²) in [5.41, 5.74) is 0.306. The third kappa shape index (κ3) is 2.85. The van der Waals surface area contributed by atoms with E-state index in [1.54, 1.807) is 18.5 Å². The van der Waals surface area contributed by atoms with Crippen LogP contribution >= 0.6 is 0 Å². The molecule has 0 saturated heterocycles. The summed E-state index contributed by atoms with van der Waals surface area (Å²) in [6.45, 7) is 4.47. The molecule has 0 saturated carbocycles. The van der Waals surface area contributed by atoms with Crippen LogP contribution in [0.1, 0.15) is 5.56 Å². The molecule has 0 aliphatic heterocycles. The van der Waals surface area contributed by atoms with E-state index in [4.69, 9.17) is 0 Å². The number of nitrogens with one attached hydrogen (secondary N) is 1. The van der Waals surface area contributed by atoms with Gasteiger partial charge in [0, 0.05) is 38.6 Å². The molecule has 0 aliphatic carbocycles. The van der Waals surface area contributed by atoms with E-state index < -0.39 is 0 Å². The van der Waals surface area contributed by atoms with Crippen LogP contribution in [-0.2, 0) is 20.1 Å². The molecule has 0 amide bonds. The van der Waals surface area contributed by atoms with Crippen molar-refractivity contribution < 1.29 is 0 Å². The maximum absolute atomic E-state index is 12.0. The van der Waals surface area contributed by atoms with Gasteiger partial charge in [0.1, 0.15) is 5.82 Å². The van der Waals surface area contributed by atoms with Gasteiger partial charge in [-0.25, -0.2) is 4.79 Å². The molecular formula is C14H16N4O2. The molecule has 0 fully saturated rings. The molecule has 20 heavy (non-hydrogen) atoms. The lowest BCUT2D eigenvalue weighted by Gasteiger charge is -2.14. The number of hydrogen-bond donors (Lipinski definition) is 1. The fraction of sp³-hybridized carbons (Fsp3) is 0.214. The molecule has 0 unspecified atom stereocenters. The molecule has 0 atom stereocenters. The van der Waals surface area contributed by atoms with Crippen molar-refractivity contribution in [1.29, 1.82) is 0 Å². The predicted octanol–water partition coefficient (Wildman–Crippen LogP) is 0.740. The highest BCUT2D eigenvalue weighted by atomic mass is 16.2. The van der Waals surface area contributed by atoms with E-state index in [-0.39, 0.29) is 11.2 Å². The summed E-state index contributed by atoms with van der Waals surface area (Å²) < 4.78 is 2.54. The van der Waals surface area contributed by atoms with Crippen LogP contribution in [0.15, 0.2) is 52.8 Å². The van der Waals surface area contributed by atoms with Gasteiger partial charge in [-0.15, -0.1) is 6.58 Å². The van der Waals surface area contributed by atoms with Crippen molar-refractivity contribution in [1.82, 2.24) is 14.1 Å². The topological polar surface area (TPSA) is 68.9 Å². The van der Waals surface area contributed by atoms with Crippen molar-refractivity contribution in [3.8, 4) is 0 Å². The molecule has 2 aromatic heterocycles. The standard InChI is InChI=1S/C14H16N4O2/c1-3-8-18-12(9-13(19)17(2)14(18)20)16-10-11-4-6-15-7-5-11/h3-7,9,16H,1,8,10H2,2H3. The molecule has 1 N–H and O–H groups in total. The highest BCUT2D eigenvalue weighted by Gasteiger charge is 2.07. The van der Waals surface area contributed by atoms with E-state index >= 15 is 0 Å². The fourth-order valence-electron chi connectivity index (χ4n) is 1.82. The van der Waals surface area contributed by atoms with E-state index in [2.05, 4.69) is 16.9 Å². The quantitative estimate of drug-likeness (QED) is 0.815. The Morgan fingerprint density at radius 2 is 2.05 bits per heavy atom. The number of rotatable bonds is 5. The van der Waals surface area contributed by atoms with E-state index in [1.807, 2.05) is 12.1 Å². The lowest BCUT2D eigenvalue weighted by atomic mass is 10.3. The number of aromatic nitrogens is 3. The lowest BCUT2D eigenvalue weighted by molar-refractivity contribution is 0.658. The van der Waals surface area contributed by atoms with Gasteiger partial charge in [-0.1, -0.05) is 6.08 Å². The number of hydrogen-bond acceptors (Lipinski definition) is 4. The summed E-state index contributed by atoms with van der Waals surface area (Å²) in [5, 5.41) is 3.10. The Morgan fingerprint density at radius 3 is 2.70 bits per heavy atom. The predicted molar refractivity (Wildman–Crippen MR) is 77.7 cm³/mol. The summed E-state index contributed by atoms with van der Waals surface area (Å²) >= 11 is 0. The highest BCUT2D eigenvalue weighted by molar-refractivity contribution is 5.35. The molecule has 0 spiro atoms. The van der Waals surface area contributed by atoms with Gasteiger partial charge >= 0.3 is 5.69 Å². The first-order valence-electron chi connectivity index (χ1n) is 6.18. The van der Waals surface area contributed by atoms with Crippen LogP contribution in [0, 0.1) is 0 Å². The first-order valence-corrected chi connectivity index (χ1v) is 6.18. The Balaban J connectivity index is 2.33. The Kier molecular flexibility index (Phi) is 4.14. The van der Waals surface area contributed by atoms with Gasteiger partial charge in [0.15, 0.2) is 0 Å². The fourth-order valence-corrected chi connectivity index (χ4v) is 1.82. The summed E-state index contributed by atoms with van der Waals surface area (Å²) in [5.74, 6) is 0.481. The Morgan fingerprint density at radius 1 is 1.35 bits per heavy atom. The number of nitrogens with zero attached hydrogens (tertiary/aromatic N) is 3. The van der Waals surface area contributed by atoms with E-state index in [9.17, 15) is 9.59 Å². The Hall–Kier alpha value is -2.63. The van der Waals surface area contributed by atoms with Crippen molar-refractivity contribution >= 4 is 5.82 Å². The zero-order chi connectivity index (χ0) is 14.5. The minimum atomic E-state index is -0.366. The van der Waals surface area contributed by atoms with Gasteiger partial charge in [-0.3, -0.25) is 18.9 Å². The van der Waals surface area contributed by atoms with Gasteiger partial charge in [-0.2, -0.15) is 0 Å². The molecular weight excluding hydrogens is 256 g/mol. The van der Waals surface area contributed by atoms with Crippen molar-refractivity contribution in [3.05, 3.63) is 69.6 Å². The van der Waals surface area contributed by atoms with Gasteiger partial charge in [0.05, 0.1) is 0 Å². The molecule has 2 rings (SSSR count). The van der Waals surface area contributed by atoms with Gasteiger partial charge in [0.25, 0.3) is 5.56 Å². The number of pyridine rings is 1. The first kappa shape index (κ1) is 13.8. The Labute approximate surface area is 116 Å². The van der Waals surface area contributed by atoms with Crippen LogP contribution in [0.25, 0.3) is 0 Å². The van der Waals surface area contributed by atoms with E-state index in [1.165, 1.54) is 17.7 Å². The summed E-state index contributed by atoms with van der Waals surface area (Å²) in [7, 11) is 1.46. The Bertz CT molecular complexity index is 716. The molecule has 6 nitrogen and oxygen atoms in total. The SMILES string of the molecule is C=CCn1c(NCc2ccncc2)cc(=O)n(C)c1=O. The number of allylic oxidation sites excluding steroid dienone is 1. The van der Waals surface area contributed by atoms with Crippen molar-refractivity contribution in [2.24, 2.45) is 7.05 Å². The summed E-state index contributed by atoms with van der Waals surface area (Å²) in [4.78, 5) is 27.7. The second kappa shape index (κ2) is 6.01. The molecule has 104 valence electrons. The van der Waals surface area contributed by atoms with Crippen LogP contribution in [0.5, 0.6) is 0 Å². The minimum Gasteiger partial charge on any atom is -0.367 e. The van der Waals surface area contributed by atoms with Crippen LogP contribution in [0.3, 0.4) is 0 Å². The molecule has 0 bridgehead atoms. The normalized spacial score (nSPS) is 10.2. The van der Waals surface area contributed by atoms with E-state index in [0.29, 0.717) is 18.9 Å². The summed E-state index contributed by atoms with van der Waals surface area (Å²) in [6, 6.07) is 5.14. The molecule has 0 radical (unpaired) electrons. The number of anilines is 1. The maximum atomic E-state index is 12.0. The smallest absolute Gasteiger partial charge is 0.332 e. The maximum Gasteiger partial charge on any atom is 0.332 e. The van der Waals surface area contributed by atoms with Crippen LogP contribution < -0.4 is 16.6 Å². The van der Waals surface area contributed by atoms with Gasteiger partial charge < -0.3 is 5.32 Å². The minimum absolute atomic E-state index is 0.339. The highest BCUT2D eigenvalue weighted by Crippen LogP contribution is 2.05. The molecule has 2 aromatic rings. The second-order valence-electron chi connectivity index (χ2n) is 4.32. The summed E-state index contributed by atoms with van der Waals surface area (Å²) in [6.07, 6.45) is 5.00. The lowest BCUT2D eigenvalue weighted by Crippen LogP contribution is -2.38. The molecule has 2 heterocycles. The zero-order valence-corrected chi connectivity index (χ0v) is 11.2. The third-order valence-corrected chi connectivity index (χ3v) is 2.93. The second-order valence-corrected chi connectivity index (χ2v) is 4.32. The van der Waals surface area contributed by atoms with Crippen molar-refractivity contribution in [2.75, 3.05) is 5.32 Å². The van der Waals surface area contributed by atoms with E-state index in [0.717, 1.165) is 10.1 Å². The average molecular weight is 272 g/mol. The monoisotopic (exact) mass is 272 g/mol. The van der Waals surface area contributed by atoms with Crippen molar-refractivity contribution in [2.45, 2.75) is 13.1 Å².